The predicted octanol–water partition coefficient (Wildman–Crippen LogP) is 6.55. The highest BCUT2D eigenvalue weighted by atomic mass is 35.5. The number of rotatable bonds is 6. The van der Waals surface area contributed by atoms with Crippen LogP contribution >= 0.6 is 23.2 Å². The third-order valence-electron chi connectivity index (χ3n) is 5.74. The Kier molecular flexibility index (Phi) is 6.27. The molecule has 0 heterocycles. The molecule has 0 aliphatic heterocycles. The van der Waals surface area contributed by atoms with E-state index in [1.807, 2.05) is 24.3 Å². The van der Waals surface area contributed by atoms with Crippen molar-refractivity contribution in [3.63, 3.8) is 0 Å². The largest absolute Gasteiger partial charge is 0.311 e. The minimum Gasteiger partial charge on any atom is -0.311 e. The Labute approximate surface area is 165 Å². The van der Waals surface area contributed by atoms with E-state index in [1.54, 1.807) is 18.2 Å². The van der Waals surface area contributed by atoms with Crippen LogP contribution in [0.15, 0.2) is 42.5 Å². The predicted molar refractivity (Wildman–Crippen MR) is 109 cm³/mol. The van der Waals surface area contributed by atoms with E-state index >= 15 is 0 Å². The molecule has 3 rings (SSSR count). The first-order valence-corrected chi connectivity index (χ1v) is 10.1. The van der Waals surface area contributed by atoms with Crippen molar-refractivity contribution in [2.75, 3.05) is 0 Å². The molecule has 1 aliphatic carbocycles. The molecule has 3 atom stereocenters. The molecule has 0 amide bonds. The summed E-state index contributed by atoms with van der Waals surface area (Å²) in [6.07, 6.45) is 5.16. The van der Waals surface area contributed by atoms with Crippen molar-refractivity contribution in [2.45, 2.75) is 63.5 Å². The lowest BCUT2D eigenvalue weighted by Gasteiger charge is -2.31. The van der Waals surface area contributed by atoms with Gasteiger partial charge in [0.2, 0.25) is 0 Å². The lowest BCUT2D eigenvalue weighted by atomic mass is 9.74. The smallest absolute Gasteiger partial charge is 0.123 e. The van der Waals surface area contributed by atoms with Crippen LogP contribution in [0.1, 0.15) is 50.7 Å². The van der Waals surface area contributed by atoms with Gasteiger partial charge in [-0.05, 0) is 74.4 Å². The summed E-state index contributed by atoms with van der Waals surface area (Å²) in [5.74, 6) is -0.194. The monoisotopic (exact) mass is 393 g/mol. The lowest BCUT2D eigenvalue weighted by molar-refractivity contribution is 0.391. The molecule has 2 aromatic rings. The van der Waals surface area contributed by atoms with Crippen molar-refractivity contribution in [3.8, 4) is 0 Å². The zero-order valence-electron chi connectivity index (χ0n) is 15.4. The topological polar surface area (TPSA) is 12.0 Å². The van der Waals surface area contributed by atoms with Crippen molar-refractivity contribution in [3.05, 3.63) is 69.5 Å². The fraction of sp³-hybridized carbons (Fsp3) is 0.455. The standard InChI is InChI=1S/C22H26Cl2FN/c1-3-15(2)26-20-10-11-22(14-20,17-5-8-19(25)9-6-17)13-16-4-7-18(23)12-21(16)24/h4-9,12,15,20,26H,3,10-11,13-14H2,1-2H3. The summed E-state index contributed by atoms with van der Waals surface area (Å²) in [5, 5.41) is 5.10. The maximum absolute atomic E-state index is 13.5. The van der Waals surface area contributed by atoms with Crippen LogP contribution in [0.2, 0.25) is 10.0 Å². The summed E-state index contributed by atoms with van der Waals surface area (Å²) in [4.78, 5) is 0. The Balaban J connectivity index is 1.91. The molecule has 0 saturated heterocycles. The van der Waals surface area contributed by atoms with Crippen molar-refractivity contribution in [2.24, 2.45) is 0 Å². The molecule has 26 heavy (non-hydrogen) atoms. The van der Waals surface area contributed by atoms with Gasteiger partial charge < -0.3 is 5.32 Å². The Hall–Kier alpha value is -1.09. The first kappa shape index (κ1) is 19.7. The fourth-order valence-corrected chi connectivity index (χ4v) is 4.62. The van der Waals surface area contributed by atoms with Crippen LogP contribution in [0.25, 0.3) is 0 Å². The van der Waals surface area contributed by atoms with E-state index in [2.05, 4.69) is 19.2 Å². The normalized spacial score (nSPS) is 24.0. The Morgan fingerprint density at radius 2 is 1.92 bits per heavy atom. The molecule has 140 valence electrons. The second-order valence-corrected chi connectivity index (χ2v) is 8.46. The van der Waals surface area contributed by atoms with E-state index in [0.717, 1.165) is 37.7 Å². The van der Waals surface area contributed by atoms with E-state index in [1.165, 1.54) is 5.56 Å². The molecule has 0 spiro atoms. The van der Waals surface area contributed by atoms with Crippen LogP contribution in [-0.4, -0.2) is 12.1 Å². The molecule has 1 saturated carbocycles. The van der Waals surface area contributed by atoms with Crippen LogP contribution < -0.4 is 5.32 Å². The Morgan fingerprint density at radius 3 is 2.58 bits per heavy atom. The lowest BCUT2D eigenvalue weighted by Crippen LogP contribution is -2.36. The van der Waals surface area contributed by atoms with E-state index < -0.39 is 0 Å². The zero-order chi connectivity index (χ0) is 18.7. The average molecular weight is 394 g/mol. The van der Waals surface area contributed by atoms with E-state index in [9.17, 15) is 4.39 Å². The fourth-order valence-electron chi connectivity index (χ4n) is 4.15. The van der Waals surface area contributed by atoms with Crippen LogP contribution in [-0.2, 0) is 11.8 Å². The van der Waals surface area contributed by atoms with E-state index in [-0.39, 0.29) is 11.2 Å². The van der Waals surface area contributed by atoms with E-state index in [4.69, 9.17) is 23.2 Å². The van der Waals surface area contributed by atoms with Gasteiger partial charge in [0.25, 0.3) is 0 Å². The molecule has 0 aromatic heterocycles. The Morgan fingerprint density at radius 1 is 1.19 bits per heavy atom. The number of benzene rings is 2. The van der Waals surface area contributed by atoms with Gasteiger partial charge in [0.15, 0.2) is 0 Å². The molecular weight excluding hydrogens is 368 g/mol. The molecule has 1 fully saturated rings. The summed E-state index contributed by atoms with van der Waals surface area (Å²) < 4.78 is 13.5. The molecule has 4 heteroatoms. The number of hydrogen-bond donors (Lipinski definition) is 1. The average Bonchev–Trinajstić information content (AvgIpc) is 3.01. The molecule has 2 aromatic carbocycles. The SMILES string of the molecule is CCC(C)NC1CCC(Cc2ccc(Cl)cc2Cl)(c2ccc(F)cc2)C1. The molecule has 3 unspecified atom stereocenters. The first-order valence-electron chi connectivity index (χ1n) is 9.38. The summed E-state index contributed by atoms with van der Waals surface area (Å²) in [6, 6.07) is 13.7. The van der Waals surface area contributed by atoms with Crippen LogP contribution in [0, 0.1) is 5.82 Å². The van der Waals surface area contributed by atoms with E-state index in [0.29, 0.717) is 22.1 Å². The van der Waals surface area contributed by atoms with Crippen LogP contribution in [0.3, 0.4) is 0 Å². The third-order valence-corrected chi connectivity index (χ3v) is 6.33. The van der Waals surface area contributed by atoms with Crippen molar-refractivity contribution in [1.82, 2.24) is 5.32 Å². The van der Waals surface area contributed by atoms with Crippen molar-refractivity contribution in [1.29, 1.82) is 0 Å². The molecular formula is C22H26Cl2FN. The van der Waals surface area contributed by atoms with Crippen LogP contribution in [0.4, 0.5) is 4.39 Å². The second kappa shape index (κ2) is 8.29. The number of nitrogens with one attached hydrogen (secondary N) is 1. The highest BCUT2D eigenvalue weighted by Crippen LogP contribution is 2.45. The van der Waals surface area contributed by atoms with Gasteiger partial charge in [-0.1, -0.05) is 48.3 Å². The van der Waals surface area contributed by atoms with Gasteiger partial charge >= 0.3 is 0 Å². The van der Waals surface area contributed by atoms with Gasteiger partial charge in [0.1, 0.15) is 5.82 Å². The van der Waals surface area contributed by atoms with Gasteiger partial charge in [-0.25, -0.2) is 4.39 Å². The summed E-state index contributed by atoms with van der Waals surface area (Å²) in [6.45, 7) is 4.43. The highest BCUT2D eigenvalue weighted by molar-refractivity contribution is 6.35. The summed E-state index contributed by atoms with van der Waals surface area (Å²) >= 11 is 12.5. The zero-order valence-corrected chi connectivity index (χ0v) is 16.9. The maximum atomic E-state index is 13.5. The van der Waals surface area contributed by atoms with Gasteiger partial charge in [-0.2, -0.15) is 0 Å². The molecule has 1 nitrogen and oxygen atoms in total. The van der Waals surface area contributed by atoms with Gasteiger partial charge in [0, 0.05) is 27.5 Å². The first-order chi connectivity index (χ1) is 12.4. The highest BCUT2D eigenvalue weighted by Gasteiger charge is 2.41. The van der Waals surface area contributed by atoms with Crippen molar-refractivity contribution < 1.29 is 4.39 Å². The van der Waals surface area contributed by atoms with Crippen molar-refractivity contribution >= 4 is 23.2 Å². The van der Waals surface area contributed by atoms with Gasteiger partial charge in [-0.15, -0.1) is 0 Å². The van der Waals surface area contributed by atoms with Gasteiger partial charge in [-0.3, -0.25) is 0 Å². The van der Waals surface area contributed by atoms with Gasteiger partial charge in [0.05, 0.1) is 0 Å². The third kappa shape index (κ3) is 4.42. The second-order valence-electron chi connectivity index (χ2n) is 7.62. The van der Waals surface area contributed by atoms with Crippen LogP contribution in [0.5, 0.6) is 0 Å². The molecule has 1 aliphatic rings. The minimum absolute atomic E-state index is 0.0315. The maximum Gasteiger partial charge on any atom is 0.123 e. The molecule has 0 radical (unpaired) electrons. The quantitative estimate of drug-likeness (QED) is 0.586. The Bertz CT molecular complexity index is 746. The number of hydrogen-bond acceptors (Lipinski definition) is 1. The minimum atomic E-state index is -0.194. The molecule has 0 bridgehead atoms. The number of halogens is 3. The summed E-state index contributed by atoms with van der Waals surface area (Å²) in [5.41, 5.74) is 2.26. The summed E-state index contributed by atoms with van der Waals surface area (Å²) in [7, 11) is 0. The molecule has 1 N–H and O–H groups in total.